The van der Waals surface area contributed by atoms with Crippen molar-refractivity contribution in [3.8, 4) is 22.8 Å². The lowest BCUT2D eigenvalue weighted by Gasteiger charge is -2.43. The van der Waals surface area contributed by atoms with E-state index in [1.54, 1.807) is 60.4 Å². The summed E-state index contributed by atoms with van der Waals surface area (Å²) in [6.45, 7) is 3.97. The number of H-pyrrole nitrogens is 2. The number of fused-ring (bicyclic) bond motifs is 4. The molecule has 2 saturated carbocycles. The third kappa shape index (κ3) is 6.48. The second kappa shape index (κ2) is 13.5. The van der Waals surface area contributed by atoms with Crippen LogP contribution < -0.4 is 22.1 Å². The smallest absolute Gasteiger partial charge is 0.255 e. The lowest BCUT2D eigenvalue weighted by atomic mass is 9.74. The molecule has 0 unspecified atom stereocenters. The van der Waals surface area contributed by atoms with Crippen LogP contribution in [0.25, 0.3) is 66.9 Å². The van der Waals surface area contributed by atoms with Gasteiger partial charge in [-0.05, 0) is 75.9 Å². The van der Waals surface area contributed by atoms with E-state index in [0.29, 0.717) is 67.3 Å². The highest BCUT2D eigenvalue weighted by Gasteiger charge is 2.41. The number of benzene rings is 2. The summed E-state index contributed by atoms with van der Waals surface area (Å²) >= 11 is 0. The Labute approximate surface area is 328 Å². The van der Waals surface area contributed by atoms with Crippen molar-refractivity contribution in [3.63, 3.8) is 0 Å². The molecule has 10 rings (SSSR count). The Balaban J connectivity index is 0.000000150. The van der Waals surface area contributed by atoms with Crippen molar-refractivity contribution in [2.45, 2.75) is 62.7 Å². The van der Waals surface area contributed by atoms with Crippen molar-refractivity contribution in [2.75, 3.05) is 0 Å². The van der Waals surface area contributed by atoms with Gasteiger partial charge in [-0.1, -0.05) is 0 Å². The van der Waals surface area contributed by atoms with Crippen LogP contribution in [-0.4, -0.2) is 84.4 Å². The molecular formula is C40H40F2N14O2. The molecule has 296 valence electrons. The molecule has 2 fully saturated rings. The number of aromatic nitrogens is 10. The predicted molar refractivity (Wildman–Crippen MR) is 213 cm³/mol. The first-order valence-corrected chi connectivity index (χ1v) is 18.8. The van der Waals surface area contributed by atoms with Gasteiger partial charge in [-0.2, -0.15) is 10.2 Å². The van der Waals surface area contributed by atoms with E-state index in [1.807, 2.05) is 13.8 Å². The molecule has 2 aliphatic carbocycles. The van der Waals surface area contributed by atoms with E-state index in [4.69, 9.17) is 11.5 Å². The number of rotatable bonds is 6. The van der Waals surface area contributed by atoms with Gasteiger partial charge < -0.3 is 32.1 Å². The summed E-state index contributed by atoms with van der Waals surface area (Å²) in [5.74, 6) is -1.10. The fourth-order valence-electron chi connectivity index (χ4n) is 8.28. The standard InChI is InChI=1S/2C20H20FN7O/c2*1-20(6-11(22)7-20)26-19(29)13-8-23-18-17(13)25-14(9-24-18)16-12-4-3-10(21)5-15(12)28(2)27-16/h2*3-5,8-9,11H,6-7,22H2,1-2H3,(H,23,24)(H,26,29). The molecule has 2 amide bonds. The minimum absolute atomic E-state index is 0.122. The topological polar surface area (TPSA) is 229 Å². The summed E-state index contributed by atoms with van der Waals surface area (Å²) in [4.78, 5) is 49.8. The number of aryl methyl sites for hydroxylation is 2. The fraction of sp³-hybridized carbons (Fsp3) is 0.300. The minimum atomic E-state index is -0.331. The molecule has 18 heteroatoms. The highest BCUT2D eigenvalue weighted by molar-refractivity contribution is 6.06. The SMILES string of the molecule is Cn1nc(-c2cnc3[nH]cc(C(=O)NC4(C)CC(N)C4)c3n2)c2ccc(F)cc21.Cn1nc(-c2cnc3[nH]cc(C(=O)NC4(C)CC(N)C4)c3n2)c2ccc(F)cc21. The zero-order chi connectivity index (χ0) is 40.7. The Morgan fingerprint density at radius 3 is 1.48 bits per heavy atom. The quantitative estimate of drug-likeness (QED) is 0.138. The van der Waals surface area contributed by atoms with Gasteiger partial charge in [0, 0.05) is 60.4 Å². The van der Waals surface area contributed by atoms with Crippen molar-refractivity contribution < 1.29 is 18.4 Å². The van der Waals surface area contributed by atoms with Crippen LogP contribution in [-0.2, 0) is 14.1 Å². The molecule has 0 aliphatic heterocycles. The van der Waals surface area contributed by atoms with Crippen LogP contribution in [0.3, 0.4) is 0 Å². The van der Waals surface area contributed by atoms with E-state index < -0.39 is 0 Å². The molecule has 6 aromatic heterocycles. The first kappa shape index (κ1) is 36.9. The Bertz CT molecular complexity index is 2740. The second-order valence-corrected chi connectivity index (χ2v) is 15.9. The average molecular weight is 787 g/mol. The van der Waals surface area contributed by atoms with Crippen LogP contribution in [0.5, 0.6) is 0 Å². The highest BCUT2D eigenvalue weighted by atomic mass is 19.1. The van der Waals surface area contributed by atoms with Gasteiger partial charge in [0.05, 0.1) is 34.6 Å². The van der Waals surface area contributed by atoms with Crippen LogP contribution in [0.15, 0.2) is 61.2 Å². The molecule has 58 heavy (non-hydrogen) atoms. The predicted octanol–water partition coefficient (Wildman–Crippen LogP) is 4.52. The lowest BCUT2D eigenvalue weighted by molar-refractivity contribution is 0.0818. The molecular weight excluding hydrogens is 747 g/mol. The molecule has 0 radical (unpaired) electrons. The third-order valence-electron chi connectivity index (χ3n) is 11.0. The summed E-state index contributed by atoms with van der Waals surface area (Å²) in [7, 11) is 3.49. The van der Waals surface area contributed by atoms with Crippen molar-refractivity contribution >= 4 is 55.9 Å². The van der Waals surface area contributed by atoms with E-state index in [9.17, 15) is 18.4 Å². The lowest BCUT2D eigenvalue weighted by Crippen LogP contribution is -2.59. The van der Waals surface area contributed by atoms with Gasteiger partial charge in [-0.25, -0.2) is 28.7 Å². The van der Waals surface area contributed by atoms with Crippen molar-refractivity contribution in [1.82, 2.24) is 60.1 Å². The van der Waals surface area contributed by atoms with Crippen LogP contribution in [0.4, 0.5) is 8.78 Å². The summed E-state index contributed by atoms with van der Waals surface area (Å²) < 4.78 is 30.4. The number of carbonyl (C=O) groups is 2. The zero-order valence-electron chi connectivity index (χ0n) is 32.1. The van der Waals surface area contributed by atoms with Gasteiger partial charge in [0.15, 0.2) is 11.3 Å². The van der Waals surface area contributed by atoms with Crippen LogP contribution in [0.2, 0.25) is 0 Å². The van der Waals surface area contributed by atoms with E-state index in [2.05, 4.69) is 50.7 Å². The average Bonchev–Trinajstić information content (AvgIpc) is 3.93. The van der Waals surface area contributed by atoms with Crippen molar-refractivity contribution in [1.29, 1.82) is 0 Å². The van der Waals surface area contributed by atoms with Crippen molar-refractivity contribution in [3.05, 3.63) is 83.9 Å². The van der Waals surface area contributed by atoms with Crippen LogP contribution in [0, 0.1) is 11.6 Å². The fourth-order valence-corrected chi connectivity index (χ4v) is 8.28. The Hall–Kier alpha value is -6.66. The van der Waals surface area contributed by atoms with Gasteiger partial charge in [0.2, 0.25) is 0 Å². The summed E-state index contributed by atoms with van der Waals surface area (Å²) in [5.41, 5.74) is 17.4. The molecule has 2 aromatic carbocycles. The monoisotopic (exact) mass is 786 g/mol. The molecule has 2 aliphatic rings. The maximum atomic E-state index is 13.6. The zero-order valence-corrected chi connectivity index (χ0v) is 32.1. The Kier molecular flexibility index (Phi) is 8.59. The first-order chi connectivity index (χ1) is 27.7. The van der Waals surface area contributed by atoms with Gasteiger partial charge in [0.25, 0.3) is 11.8 Å². The number of hydrogen-bond donors (Lipinski definition) is 6. The van der Waals surface area contributed by atoms with E-state index in [-0.39, 0.29) is 46.6 Å². The number of amides is 2. The largest absolute Gasteiger partial charge is 0.347 e. The third-order valence-corrected chi connectivity index (χ3v) is 11.0. The molecule has 16 nitrogen and oxygen atoms in total. The minimum Gasteiger partial charge on any atom is -0.347 e. The number of aromatic amines is 2. The van der Waals surface area contributed by atoms with Gasteiger partial charge in [0.1, 0.15) is 45.4 Å². The summed E-state index contributed by atoms with van der Waals surface area (Å²) in [6, 6.07) is 9.22. The first-order valence-electron chi connectivity index (χ1n) is 18.8. The van der Waals surface area contributed by atoms with E-state index in [0.717, 1.165) is 36.5 Å². The molecule has 0 atom stereocenters. The molecule has 0 bridgehead atoms. The summed E-state index contributed by atoms with van der Waals surface area (Å²) in [6.07, 6.45) is 9.39. The van der Waals surface area contributed by atoms with Crippen molar-refractivity contribution in [2.24, 2.45) is 25.6 Å². The molecule has 8 N–H and O–H groups in total. The number of nitrogens with one attached hydrogen (secondary N) is 4. The number of halogens is 2. The van der Waals surface area contributed by atoms with Gasteiger partial charge in [-0.15, -0.1) is 0 Å². The number of hydrogen-bond acceptors (Lipinski definition) is 10. The maximum Gasteiger partial charge on any atom is 0.255 e. The van der Waals surface area contributed by atoms with Gasteiger partial charge in [-0.3, -0.25) is 19.0 Å². The molecule has 0 spiro atoms. The number of carbonyl (C=O) groups excluding carboxylic acids is 2. The summed E-state index contributed by atoms with van der Waals surface area (Å²) in [5, 5.41) is 16.6. The normalized spacial score (nSPS) is 21.4. The van der Waals surface area contributed by atoms with Crippen LogP contribution in [0.1, 0.15) is 60.2 Å². The number of nitrogens with zero attached hydrogens (tertiary/aromatic N) is 8. The molecule has 8 aromatic rings. The Morgan fingerprint density at radius 2 is 1.10 bits per heavy atom. The maximum absolute atomic E-state index is 13.6. The van der Waals surface area contributed by atoms with E-state index in [1.165, 1.54) is 24.3 Å². The number of nitrogens with two attached hydrogens (primary N) is 2. The molecule has 6 heterocycles. The highest BCUT2D eigenvalue weighted by Crippen LogP contribution is 2.33. The second-order valence-electron chi connectivity index (χ2n) is 15.9. The van der Waals surface area contributed by atoms with E-state index >= 15 is 0 Å². The van der Waals surface area contributed by atoms with Crippen LogP contribution >= 0.6 is 0 Å². The van der Waals surface area contributed by atoms with Gasteiger partial charge >= 0.3 is 0 Å². The Morgan fingerprint density at radius 1 is 0.707 bits per heavy atom. The molecule has 0 saturated heterocycles.